The van der Waals surface area contributed by atoms with E-state index in [0.29, 0.717) is 12.0 Å². The lowest BCUT2D eigenvalue weighted by Gasteiger charge is -2.20. The first-order chi connectivity index (χ1) is 8.77. The summed E-state index contributed by atoms with van der Waals surface area (Å²) in [6.07, 6.45) is -3.04. The highest BCUT2D eigenvalue weighted by atomic mass is 35.5. The molecule has 0 bridgehead atoms. The van der Waals surface area contributed by atoms with Gasteiger partial charge in [0, 0.05) is 0 Å². The molecule has 20 heavy (non-hydrogen) atoms. The molecule has 0 spiro atoms. The van der Waals surface area contributed by atoms with E-state index in [1.54, 1.807) is 0 Å². The third kappa shape index (κ3) is 5.13. The molecule has 3 N–H and O–H groups in total. The van der Waals surface area contributed by atoms with Gasteiger partial charge in [-0.25, -0.2) is 0 Å². The Bertz CT molecular complexity index is 427. The van der Waals surface area contributed by atoms with Crippen LogP contribution in [0.5, 0.6) is 0 Å². The standard InChI is InChI=1S/C13H17ClF3NO.ClH/c1-2-3-4-11(19)12(18)8-5-6-9(10(14)7-8)13(15,16)17;/h5-7,11-12,19H,2-4,18H2,1H3;1H/t11-,12+;/m0./s1. The predicted molar refractivity (Wildman–Crippen MR) is 76.2 cm³/mol. The van der Waals surface area contributed by atoms with E-state index < -0.39 is 28.9 Å². The summed E-state index contributed by atoms with van der Waals surface area (Å²) >= 11 is 5.61. The highest BCUT2D eigenvalue weighted by Gasteiger charge is 2.33. The molecule has 2 atom stereocenters. The summed E-state index contributed by atoms with van der Waals surface area (Å²) in [4.78, 5) is 0. The zero-order chi connectivity index (χ0) is 14.6. The summed E-state index contributed by atoms with van der Waals surface area (Å²) in [6, 6.07) is 2.59. The first-order valence-electron chi connectivity index (χ1n) is 6.07. The van der Waals surface area contributed by atoms with Gasteiger partial charge in [0.1, 0.15) is 0 Å². The van der Waals surface area contributed by atoms with Crippen molar-refractivity contribution in [3.8, 4) is 0 Å². The molecular weight excluding hydrogens is 314 g/mol. The van der Waals surface area contributed by atoms with E-state index in [-0.39, 0.29) is 12.4 Å². The second kappa shape index (κ2) is 8.08. The summed E-state index contributed by atoms with van der Waals surface area (Å²) in [5.41, 5.74) is 5.33. The molecule has 1 rings (SSSR count). The molecule has 2 nitrogen and oxygen atoms in total. The van der Waals surface area contributed by atoms with Crippen molar-refractivity contribution in [1.29, 1.82) is 0 Å². The lowest BCUT2D eigenvalue weighted by atomic mass is 9.97. The molecule has 0 unspecified atom stereocenters. The molecule has 116 valence electrons. The lowest BCUT2D eigenvalue weighted by Crippen LogP contribution is -2.26. The zero-order valence-electron chi connectivity index (χ0n) is 11.0. The monoisotopic (exact) mass is 331 g/mol. The third-order valence-corrected chi connectivity index (χ3v) is 3.26. The van der Waals surface area contributed by atoms with E-state index in [4.69, 9.17) is 17.3 Å². The molecule has 7 heteroatoms. The van der Waals surface area contributed by atoms with Crippen LogP contribution in [0.15, 0.2) is 18.2 Å². The molecule has 0 heterocycles. The van der Waals surface area contributed by atoms with Gasteiger partial charge in [0.15, 0.2) is 0 Å². The highest BCUT2D eigenvalue weighted by molar-refractivity contribution is 6.31. The molecule has 1 aromatic carbocycles. The molecule has 0 fully saturated rings. The number of alkyl halides is 3. The smallest absolute Gasteiger partial charge is 0.391 e. The summed E-state index contributed by atoms with van der Waals surface area (Å²) in [6.45, 7) is 1.98. The Morgan fingerprint density at radius 1 is 1.35 bits per heavy atom. The number of halogens is 5. The molecule has 1 aromatic rings. The first kappa shape index (κ1) is 19.5. The molecule has 0 aromatic heterocycles. The van der Waals surface area contributed by atoms with Crippen LogP contribution in [0.2, 0.25) is 5.02 Å². The molecule has 0 saturated heterocycles. The highest BCUT2D eigenvalue weighted by Crippen LogP contribution is 2.36. The largest absolute Gasteiger partial charge is 0.417 e. The van der Waals surface area contributed by atoms with Gasteiger partial charge in [0.05, 0.1) is 22.7 Å². The Labute approximate surface area is 127 Å². The van der Waals surface area contributed by atoms with Gasteiger partial charge in [0.25, 0.3) is 0 Å². The van der Waals surface area contributed by atoms with Crippen LogP contribution in [0, 0.1) is 0 Å². The van der Waals surface area contributed by atoms with Crippen molar-refractivity contribution in [2.75, 3.05) is 0 Å². The van der Waals surface area contributed by atoms with Crippen molar-refractivity contribution >= 4 is 24.0 Å². The maximum atomic E-state index is 12.5. The van der Waals surface area contributed by atoms with E-state index >= 15 is 0 Å². The van der Waals surface area contributed by atoms with Crippen molar-refractivity contribution in [3.05, 3.63) is 34.3 Å². The van der Waals surface area contributed by atoms with Gasteiger partial charge < -0.3 is 10.8 Å². The van der Waals surface area contributed by atoms with Gasteiger partial charge >= 0.3 is 6.18 Å². The summed E-state index contributed by atoms with van der Waals surface area (Å²) in [5.74, 6) is 0. The van der Waals surface area contributed by atoms with Crippen molar-refractivity contribution in [2.24, 2.45) is 5.73 Å². The molecule has 0 radical (unpaired) electrons. The van der Waals surface area contributed by atoms with Crippen molar-refractivity contribution in [1.82, 2.24) is 0 Å². The van der Waals surface area contributed by atoms with Gasteiger partial charge in [0.2, 0.25) is 0 Å². The van der Waals surface area contributed by atoms with Crippen LogP contribution >= 0.6 is 24.0 Å². The van der Waals surface area contributed by atoms with Crippen LogP contribution in [-0.4, -0.2) is 11.2 Å². The van der Waals surface area contributed by atoms with Crippen molar-refractivity contribution in [3.63, 3.8) is 0 Å². The third-order valence-electron chi connectivity index (χ3n) is 2.95. The molecule has 0 aliphatic rings. The van der Waals surface area contributed by atoms with E-state index in [2.05, 4.69) is 0 Å². The maximum absolute atomic E-state index is 12.5. The van der Waals surface area contributed by atoms with E-state index in [1.807, 2.05) is 6.92 Å². The fraction of sp³-hybridized carbons (Fsp3) is 0.538. The number of rotatable bonds is 5. The van der Waals surface area contributed by atoms with E-state index in [9.17, 15) is 18.3 Å². The Morgan fingerprint density at radius 3 is 2.40 bits per heavy atom. The SMILES string of the molecule is CCCC[C@H](O)[C@H](N)c1ccc(C(F)(F)F)c(Cl)c1.Cl. The number of aliphatic hydroxyl groups excluding tert-OH is 1. The number of hydrogen-bond donors (Lipinski definition) is 2. The van der Waals surface area contributed by atoms with Crippen molar-refractivity contribution < 1.29 is 18.3 Å². The number of benzene rings is 1. The van der Waals surface area contributed by atoms with Gasteiger partial charge in [-0.1, -0.05) is 37.4 Å². The minimum absolute atomic E-state index is 0. The normalized spacial score (nSPS) is 14.6. The second-order valence-corrected chi connectivity index (χ2v) is 4.88. The minimum atomic E-state index is -4.49. The van der Waals surface area contributed by atoms with Gasteiger partial charge in [-0.15, -0.1) is 12.4 Å². The maximum Gasteiger partial charge on any atom is 0.417 e. The Hall–Kier alpha value is -0.490. The van der Waals surface area contributed by atoms with E-state index in [0.717, 1.165) is 18.9 Å². The van der Waals surface area contributed by atoms with Crippen LogP contribution in [0.1, 0.15) is 43.4 Å². The Morgan fingerprint density at radius 2 is 1.95 bits per heavy atom. The van der Waals surface area contributed by atoms with Crippen molar-refractivity contribution in [2.45, 2.75) is 44.5 Å². The molecule has 0 saturated carbocycles. The number of hydrogen-bond acceptors (Lipinski definition) is 2. The minimum Gasteiger partial charge on any atom is -0.391 e. The Balaban J connectivity index is 0.00000361. The number of unbranched alkanes of at least 4 members (excludes halogenated alkanes) is 1. The molecule has 0 amide bonds. The van der Waals surface area contributed by atoms with Crippen LogP contribution in [-0.2, 0) is 6.18 Å². The van der Waals surface area contributed by atoms with Crippen LogP contribution < -0.4 is 5.73 Å². The second-order valence-electron chi connectivity index (χ2n) is 4.47. The number of aliphatic hydroxyl groups is 1. The molecular formula is C13H18Cl2F3NO. The average Bonchev–Trinajstić information content (AvgIpc) is 2.33. The van der Waals surface area contributed by atoms with E-state index in [1.165, 1.54) is 12.1 Å². The summed E-state index contributed by atoms with van der Waals surface area (Å²) in [5, 5.41) is 9.43. The fourth-order valence-electron chi connectivity index (χ4n) is 1.78. The average molecular weight is 332 g/mol. The Kier molecular flexibility index (Phi) is 7.88. The first-order valence-corrected chi connectivity index (χ1v) is 6.45. The van der Waals surface area contributed by atoms with Gasteiger partial charge in [-0.2, -0.15) is 13.2 Å². The number of nitrogens with two attached hydrogens (primary N) is 1. The van der Waals surface area contributed by atoms with Gasteiger partial charge in [-0.05, 0) is 24.1 Å². The van der Waals surface area contributed by atoms with Gasteiger partial charge in [-0.3, -0.25) is 0 Å². The summed E-state index contributed by atoms with van der Waals surface area (Å²) < 4.78 is 37.6. The summed E-state index contributed by atoms with van der Waals surface area (Å²) in [7, 11) is 0. The predicted octanol–water partition coefficient (Wildman–Crippen LogP) is 4.33. The van der Waals surface area contributed by atoms with Crippen LogP contribution in [0.3, 0.4) is 0 Å². The van der Waals surface area contributed by atoms with Crippen LogP contribution in [0.4, 0.5) is 13.2 Å². The van der Waals surface area contributed by atoms with Crippen LogP contribution in [0.25, 0.3) is 0 Å². The quantitative estimate of drug-likeness (QED) is 0.843. The fourth-order valence-corrected chi connectivity index (χ4v) is 2.08. The lowest BCUT2D eigenvalue weighted by molar-refractivity contribution is -0.137. The topological polar surface area (TPSA) is 46.2 Å². The zero-order valence-corrected chi connectivity index (χ0v) is 12.5. The molecule has 0 aliphatic heterocycles. The molecule has 0 aliphatic carbocycles.